The van der Waals surface area contributed by atoms with Crippen molar-refractivity contribution in [2.45, 2.75) is 13.3 Å². The second-order valence-corrected chi connectivity index (χ2v) is 5.03. The number of nitrogens with zero attached hydrogens (tertiary/aromatic N) is 2. The summed E-state index contributed by atoms with van der Waals surface area (Å²) in [4.78, 5) is 12.1. The number of aromatic nitrogens is 2. The number of para-hydroxylation sites is 2. The van der Waals surface area contributed by atoms with Crippen LogP contribution < -0.4 is 17.5 Å². The molecular formula is C17H16ClCuN3O. The summed E-state index contributed by atoms with van der Waals surface area (Å²) in [6.45, 7) is 2.57. The van der Waals surface area contributed by atoms with Gasteiger partial charge in [0.1, 0.15) is 5.82 Å². The molecule has 3 rings (SSSR count). The van der Waals surface area contributed by atoms with E-state index in [1.54, 1.807) is 12.3 Å². The first-order chi connectivity index (χ1) is 10.2. The molecule has 0 saturated heterocycles. The summed E-state index contributed by atoms with van der Waals surface area (Å²) < 4.78 is 0. The zero-order valence-corrected chi connectivity index (χ0v) is 14.2. The molecule has 0 bridgehead atoms. The van der Waals surface area contributed by atoms with E-state index < -0.39 is 0 Å². The molecule has 6 heteroatoms. The van der Waals surface area contributed by atoms with Gasteiger partial charge in [0.05, 0.1) is 11.0 Å². The van der Waals surface area contributed by atoms with Crippen LogP contribution in [0.1, 0.15) is 17.0 Å². The van der Waals surface area contributed by atoms with E-state index in [0.29, 0.717) is 12.1 Å². The van der Waals surface area contributed by atoms with Gasteiger partial charge in [0.25, 0.3) is 0 Å². The van der Waals surface area contributed by atoms with Crippen LogP contribution in [0.3, 0.4) is 0 Å². The molecule has 0 fully saturated rings. The molecule has 2 aromatic carbocycles. The second kappa shape index (κ2) is 8.73. The summed E-state index contributed by atoms with van der Waals surface area (Å²) in [5.74, 6) is 0.924. The zero-order valence-electron chi connectivity index (χ0n) is 12.5. The number of hydrogen-bond donors (Lipinski definition) is 1. The Kier molecular flexibility index (Phi) is 7.30. The summed E-state index contributed by atoms with van der Waals surface area (Å²) in [5, 5.41) is 11.6. The normalized spacial score (nSPS) is 10.5. The molecule has 0 aliphatic rings. The van der Waals surface area contributed by atoms with Gasteiger partial charge >= 0.3 is 17.1 Å². The molecule has 4 nitrogen and oxygen atoms in total. The van der Waals surface area contributed by atoms with Crippen molar-refractivity contribution in [1.82, 2.24) is 9.97 Å². The van der Waals surface area contributed by atoms with Crippen LogP contribution in [0.4, 0.5) is 0 Å². The maximum absolute atomic E-state index is 11.6. The third-order valence-corrected chi connectivity index (χ3v) is 3.31. The Labute approximate surface area is 151 Å². The molecular weight excluding hydrogens is 361 g/mol. The summed E-state index contributed by atoms with van der Waals surface area (Å²) in [7, 11) is 0. The minimum Gasteiger partial charge on any atom is -1.00 e. The summed E-state index contributed by atoms with van der Waals surface area (Å²) in [6.07, 6.45) is 2.38. The monoisotopic (exact) mass is 376 g/mol. The quantitative estimate of drug-likeness (QED) is 0.497. The van der Waals surface area contributed by atoms with Gasteiger partial charge in [0, 0.05) is 19.2 Å². The van der Waals surface area contributed by atoms with Crippen molar-refractivity contribution in [2.24, 2.45) is 4.99 Å². The Balaban J connectivity index is 0.00000132. The van der Waals surface area contributed by atoms with Crippen molar-refractivity contribution in [3.05, 3.63) is 59.4 Å². The van der Waals surface area contributed by atoms with Crippen molar-refractivity contribution in [3.63, 3.8) is 0 Å². The number of nitrogens with one attached hydrogen (secondary N) is 1. The Morgan fingerprint density at radius 2 is 2.00 bits per heavy atom. The summed E-state index contributed by atoms with van der Waals surface area (Å²) >= 11 is 0. The van der Waals surface area contributed by atoms with Crippen LogP contribution in [0, 0.1) is 6.92 Å². The molecule has 0 atom stereocenters. The zero-order chi connectivity index (χ0) is 14.7. The average molecular weight is 377 g/mol. The van der Waals surface area contributed by atoms with E-state index >= 15 is 0 Å². The van der Waals surface area contributed by atoms with Crippen LogP contribution in [-0.2, 0) is 23.5 Å². The van der Waals surface area contributed by atoms with Crippen molar-refractivity contribution in [2.75, 3.05) is 6.54 Å². The third-order valence-electron chi connectivity index (χ3n) is 3.31. The van der Waals surface area contributed by atoms with Crippen LogP contribution in [0.25, 0.3) is 11.0 Å². The molecule has 0 aliphatic heterocycles. The van der Waals surface area contributed by atoms with Crippen LogP contribution in [0.2, 0.25) is 0 Å². The van der Waals surface area contributed by atoms with Gasteiger partial charge in [-0.2, -0.15) is 0 Å². The molecule has 1 aromatic heterocycles. The third kappa shape index (κ3) is 4.83. The van der Waals surface area contributed by atoms with Crippen molar-refractivity contribution in [3.8, 4) is 5.75 Å². The summed E-state index contributed by atoms with van der Waals surface area (Å²) in [6, 6.07) is 13.2. The standard InChI is InChI=1S/C17H17N3O.ClH.Cu/c1-12-6-7-16(21)13(10-12)11-18-9-8-17-19-14-4-2-3-5-15(14)20-17;;/h2-7,10-11,21H,8-9H2,1H3,(H,19,20);1H;/q;;+2/p-2. The van der Waals surface area contributed by atoms with Gasteiger partial charge in [-0.25, -0.2) is 4.98 Å². The van der Waals surface area contributed by atoms with Gasteiger partial charge in [-0.1, -0.05) is 35.9 Å². The number of H-pyrrole nitrogens is 1. The van der Waals surface area contributed by atoms with Gasteiger partial charge in [-0.05, 0) is 24.6 Å². The van der Waals surface area contributed by atoms with Gasteiger partial charge < -0.3 is 22.5 Å². The maximum atomic E-state index is 11.6. The van der Waals surface area contributed by atoms with Gasteiger partial charge in [0.2, 0.25) is 0 Å². The Bertz CT molecular complexity index is 768. The minimum absolute atomic E-state index is 0. The van der Waals surface area contributed by atoms with E-state index in [-0.39, 0.29) is 35.2 Å². The van der Waals surface area contributed by atoms with E-state index in [1.165, 1.54) is 0 Å². The van der Waals surface area contributed by atoms with Gasteiger partial charge in [-0.15, -0.1) is 5.75 Å². The molecule has 3 aromatic rings. The van der Waals surface area contributed by atoms with E-state index in [2.05, 4.69) is 15.0 Å². The Hall–Kier alpha value is -1.81. The molecule has 123 valence electrons. The number of benzene rings is 2. The number of fused-ring (bicyclic) bond motifs is 1. The molecule has 0 saturated carbocycles. The predicted molar refractivity (Wildman–Crippen MR) is 82.9 cm³/mol. The van der Waals surface area contributed by atoms with Crippen LogP contribution in [0.5, 0.6) is 5.75 Å². The minimum atomic E-state index is 0. The van der Waals surface area contributed by atoms with E-state index in [1.807, 2.05) is 43.3 Å². The molecule has 1 N–H and O–H groups in total. The molecule has 0 unspecified atom stereocenters. The number of rotatable bonds is 4. The fourth-order valence-electron chi connectivity index (χ4n) is 2.23. The number of imidazole rings is 1. The molecule has 1 radical (unpaired) electrons. The Morgan fingerprint density at radius 1 is 1.22 bits per heavy atom. The number of aliphatic imine (C=N–C) groups is 1. The first-order valence-corrected chi connectivity index (χ1v) is 6.93. The topological polar surface area (TPSA) is 64.1 Å². The number of halogens is 1. The molecule has 0 spiro atoms. The van der Waals surface area contributed by atoms with Crippen molar-refractivity contribution >= 4 is 17.2 Å². The summed E-state index contributed by atoms with van der Waals surface area (Å²) in [5.41, 5.74) is 3.71. The molecule has 23 heavy (non-hydrogen) atoms. The van der Waals surface area contributed by atoms with E-state index in [0.717, 1.165) is 28.8 Å². The maximum Gasteiger partial charge on any atom is 2.00 e. The smallest absolute Gasteiger partial charge is 1.00 e. The van der Waals surface area contributed by atoms with Crippen molar-refractivity contribution < 1.29 is 34.6 Å². The SMILES string of the molecule is Cc1ccc([O-])c(C=NCCc2nc3ccccc3[nH]2)c1.[Cl-].[Cu+2]. The average Bonchev–Trinajstić information content (AvgIpc) is 2.89. The van der Waals surface area contributed by atoms with E-state index in [4.69, 9.17) is 0 Å². The fourth-order valence-corrected chi connectivity index (χ4v) is 2.23. The Morgan fingerprint density at radius 3 is 2.78 bits per heavy atom. The predicted octanol–water partition coefficient (Wildman–Crippen LogP) is -0.392. The number of hydrogen-bond acceptors (Lipinski definition) is 3. The van der Waals surface area contributed by atoms with Gasteiger partial charge in [-0.3, -0.25) is 4.99 Å². The molecule has 1 heterocycles. The second-order valence-electron chi connectivity index (χ2n) is 5.03. The molecule has 0 amide bonds. The number of aryl methyl sites for hydroxylation is 1. The fraction of sp³-hybridized carbons (Fsp3) is 0.176. The first-order valence-electron chi connectivity index (χ1n) is 6.93. The van der Waals surface area contributed by atoms with Crippen LogP contribution >= 0.6 is 0 Å². The van der Waals surface area contributed by atoms with E-state index in [9.17, 15) is 5.11 Å². The van der Waals surface area contributed by atoms with Crippen LogP contribution in [0.15, 0.2) is 47.5 Å². The largest absolute Gasteiger partial charge is 2.00 e. The van der Waals surface area contributed by atoms with Crippen molar-refractivity contribution in [1.29, 1.82) is 0 Å². The first kappa shape index (κ1) is 19.2. The van der Waals surface area contributed by atoms with Gasteiger partial charge in [0.15, 0.2) is 0 Å². The molecule has 0 aliphatic carbocycles. The van der Waals surface area contributed by atoms with Crippen LogP contribution in [-0.4, -0.2) is 22.7 Å². The number of aromatic amines is 1.